The zero-order valence-electron chi connectivity index (χ0n) is 8.21. The quantitative estimate of drug-likeness (QED) is 0.677. The molecule has 14 heavy (non-hydrogen) atoms. The third-order valence-corrected chi connectivity index (χ3v) is 2.67. The third-order valence-electron chi connectivity index (χ3n) is 2.67. The van der Waals surface area contributed by atoms with Crippen LogP contribution in [0.2, 0.25) is 0 Å². The topological polar surface area (TPSA) is 55.1 Å². The summed E-state index contributed by atoms with van der Waals surface area (Å²) >= 11 is 0. The highest BCUT2D eigenvalue weighted by atomic mass is 16.1. The van der Waals surface area contributed by atoms with Crippen LogP contribution in [-0.4, -0.2) is 11.9 Å². The largest absolute Gasteiger partial charge is 0.368 e. The smallest absolute Gasteiger partial charge is 0.234 e. The second-order valence-corrected chi connectivity index (χ2v) is 3.81. The number of nitrogens with two attached hydrogens (primary N) is 1. The molecule has 0 saturated heterocycles. The van der Waals surface area contributed by atoms with E-state index in [0.29, 0.717) is 6.42 Å². The summed E-state index contributed by atoms with van der Waals surface area (Å²) < 4.78 is 0. The molecule has 3 N–H and O–H groups in total. The van der Waals surface area contributed by atoms with Crippen LogP contribution in [0.1, 0.15) is 16.7 Å². The maximum absolute atomic E-state index is 11.0. The van der Waals surface area contributed by atoms with Crippen LogP contribution in [0.3, 0.4) is 0 Å². The standard InChI is InChI=1S/C11H14N2O/c1-7-2-3-8-6-13-10(11(12)14)5-9(8)4-7/h2-4,10,13H,5-6H2,1H3,(H2,12,14)/t10-/m0/s1. The zero-order valence-corrected chi connectivity index (χ0v) is 8.21. The summed E-state index contributed by atoms with van der Waals surface area (Å²) in [6.07, 6.45) is 0.715. The summed E-state index contributed by atoms with van der Waals surface area (Å²) in [4.78, 5) is 11.0. The van der Waals surface area contributed by atoms with E-state index in [1.54, 1.807) is 0 Å². The Hall–Kier alpha value is -1.35. The van der Waals surface area contributed by atoms with Gasteiger partial charge in [0, 0.05) is 6.54 Å². The number of hydrogen-bond acceptors (Lipinski definition) is 2. The summed E-state index contributed by atoms with van der Waals surface area (Å²) in [6.45, 7) is 2.80. The summed E-state index contributed by atoms with van der Waals surface area (Å²) in [5.41, 5.74) is 9.01. The van der Waals surface area contributed by atoms with E-state index in [4.69, 9.17) is 5.73 Å². The third kappa shape index (κ3) is 1.63. The van der Waals surface area contributed by atoms with Gasteiger partial charge in [0.1, 0.15) is 0 Å². The number of benzene rings is 1. The molecule has 2 rings (SSSR count). The molecule has 0 aromatic heterocycles. The molecule has 74 valence electrons. The molecule has 1 aliphatic heterocycles. The minimum absolute atomic E-state index is 0.204. The number of hydrogen-bond donors (Lipinski definition) is 2. The Balaban J connectivity index is 2.29. The summed E-state index contributed by atoms with van der Waals surface area (Å²) in [5.74, 6) is -0.267. The van der Waals surface area contributed by atoms with Crippen molar-refractivity contribution in [2.45, 2.75) is 25.9 Å². The Morgan fingerprint density at radius 3 is 3.00 bits per heavy atom. The van der Waals surface area contributed by atoms with Crippen molar-refractivity contribution in [3.8, 4) is 0 Å². The van der Waals surface area contributed by atoms with Crippen LogP contribution in [0.15, 0.2) is 18.2 Å². The molecule has 0 bridgehead atoms. The Labute approximate surface area is 83.3 Å². The van der Waals surface area contributed by atoms with Gasteiger partial charge in [0.25, 0.3) is 0 Å². The molecule has 3 heteroatoms. The van der Waals surface area contributed by atoms with Gasteiger partial charge in [-0.2, -0.15) is 0 Å². The first kappa shape index (κ1) is 9.21. The van der Waals surface area contributed by atoms with E-state index in [2.05, 4.69) is 30.4 Å². The van der Waals surface area contributed by atoms with Gasteiger partial charge in [-0.15, -0.1) is 0 Å². The average Bonchev–Trinajstić information content (AvgIpc) is 2.16. The first-order valence-electron chi connectivity index (χ1n) is 4.78. The SMILES string of the molecule is Cc1ccc2c(c1)C[C@@H](C(N)=O)NC2. The molecule has 1 aromatic rings. The number of fused-ring (bicyclic) bond motifs is 1. The first-order valence-corrected chi connectivity index (χ1v) is 4.78. The molecule has 1 amide bonds. The Kier molecular flexibility index (Phi) is 2.25. The van der Waals surface area contributed by atoms with E-state index in [9.17, 15) is 4.79 Å². The molecule has 0 fully saturated rings. The molecule has 1 aromatic carbocycles. The highest BCUT2D eigenvalue weighted by Gasteiger charge is 2.21. The van der Waals surface area contributed by atoms with E-state index in [-0.39, 0.29) is 11.9 Å². The fourth-order valence-electron chi connectivity index (χ4n) is 1.84. The number of nitrogens with one attached hydrogen (secondary N) is 1. The van der Waals surface area contributed by atoms with E-state index >= 15 is 0 Å². The van der Waals surface area contributed by atoms with Gasteiger partial charge in [0.05, 0.1) is 6.04 Å². The van der Waals surface area contributed by atoms with Gasteiger partial charge in [0.15, 0.2) is 0 Å². The fraction of sp³-hybridized carbons (Fsp3) is 0.364. The lowest BCUT2D eigenvalue weighted by molar-refractivity contribution is -0.120. The Morgan fingerprint density at radius 2 is 2.29 bits per heavy atom. The molecule has 0 radical (unpaired) electrons. The monoisotopic (exact) mass is 190 g/mol. The summed E-state index contributed by atoms with van der Waals surface area (Å²) in [5, 5.41) is 3.12. The number of rotatable bonds is 1. The zero-order chi connectivity index (χ0) is 10.1. The maximum atomic E-state index is 11.0. The van der Waals surface area contributed by atoms with Gasteiger partial charge in [-0.25, -0.2) is 0 Å². The number of carbonyl (C=O) groups is 1. The van der Waals surface area contributed by atoms with Crippen molar-refractivity contribution in [2.24, 2.45) is 5.73 Å². The molecule has 0 saturated carbocycles. The molecule has 0 unspecified atom stereocenters. The maximum Gasteiger partial charge on any atom is 0.234 e. The average molecular weight is 190 g/mol. The van der Waals surface area contributed by atoms with Crippen molar-refractivity contribution in [1.82, 2.24) is 5.32 Å². The van der Waals surface area contributed by atoms with E-state index in [1.165, 1.54) is 16.7 Å². The number of amides is 1. The molecular formula is C11H14N2O. The highest BCUT2D eigenvalue weighted by Crippen LogP contribution is 2.17. The van der Waals surface area contributed by atoms with Crippen molar-refractivity contribution in [3.63, 3.8) is 0 Å². The van der Waals surface area contributed by atoms with Gasteiger partial charge in [-0.3, -0.25) is 4.79 Å². The Bertz CT molecular complexity index is 374. The van der Waals surface area contributed by atoms with Crippen LogP contribution in [-0.2, 0) is 17.8 Å². The molecule has 0 spiro atoms. The predicted molar refractivity (Wildman–Crippen MR) is 54.7 cm³/mol. The lowest BCUT2D eigenvalue weighted by atomic mass is 9.94. The van der Waals surface area contributed by atoms with Gasteiger partial charge in [-0.1, -0.05) is 23.8 Å². The van der Waals surface area contributed by atoms with Gasteiger partial charge in [0.2, 0.25) is 5.91 Å². The van der Waals surface area contributed by atoms with Crippen molar-refractivity contribution in [3.05, 3.63) is 34.9 Å². The second-order valence-electron chi connectivity index (χ2n) is 3.81. The molecular weight excluding hydrogens is 176 g/mol. The van der Waals surface area contributed by atoms with Crippen molar-refractivity contribution < 1.29 is 4.79 Å². The van der Waals surface area contributed by atoms with E-state index in [1.807, 2.05) is 0 Å². The highest BCUT2D eigenvalue weighted by molar-refractivity contribution is 5.80. The van der Waals surface area contributed by atoms with E-state index in [0.717, 1.165) is 6.54 Å². The molecule has 3 nitrogen and oxygen atoms in total. The molecule has 1 atom stereocenters. The molecule has 0 aliphatic carbocycles. The lowest BCUT2D eigenvalue weighted by Crippen LogP contribution is -2.45. The van der Waals surface area contributed by atoms with Crippen LogP contribution < -0.4 is 11.1 Å². The summed E-state index contributed by atoms with van der Waals surface area (Å²) in [7, 11) is 0. The van der Waals surface area contributed by atoms with Gasteiger partial charge >= 0.3 is 0 Å². The van der Waals surface area contributed by atoms with Crippen LogP contribution in [0.5, 0.6) is 0 Å². The van der Waals surface area contributed by atoms with Gasteiger partial charge in [-0.05, 0) is 24.5 Å². The fourth-order valence-corrected chi connectivity index (χ4v) is 1.84. The van der Waals surface area contributed by atoms with Crippen molar-refractivity contribution >= 4 is 5.91 Å². The number of aryl methyl sites for hydroxylation is 1. The van der Waals surface area contributed by atoms with E-state index < -0.39 is 0 Å². The number of carbonyl (C=O) groups excluding carboxylic acids is 1. The van der Waals surface area contributed by atoms with Crippen molar-refractivity contribution in [2.75, 3.05) is 0 Å². The lowest BCUT2D eigenvalue weighted by Gasteiger charge is -2.24. The molecule has 1 heterocycles. The predicted octanol–water partition coefficient (Wildman–Crippen LogP) is 0.495. The van der Waals surface area contributed by atoms with Crippen LogP contribution in [0.25, 0.3) is 0 Å². The van der Waals surface area contributed by atoms with Crippen LogP contribution in [0, 0.1) is 6.92 Å². The van der Waals surface area contributed by atoms with Crippen LogP contribution >= 0.6 is 0 Å². The number of primary amides is 1. The van der Waals surface area contributed by atoms with Crippen LogP contribution in [0.4, 0.5) is 0 Å². The minimum Gasteiger partial charge on any atom is -0.368 e. The Morgan fingerprint density at radius 1 is 1.50 bits per heavy atom. The van der Waals surface area contributed by atoms with Gasteiger partial charge < -0.3 is 11.1 Å². The molecule has 1 aliphatic rings. The first-order chi connectivity index (χ1) is 6.66. The minimum atomic E-state index is -0.267. The van der Waals surface area contributed by atoms with Crippen molar-refractivity contribution in [1.29, 1.82) is 0 Å². The second kappa shape index (κ2) is 3.42. The normalized spacial score (nSPS) is 20.2. The summed E-state index contributed by atoms with van der Waals surface area (Å²) in [6, 6.07) is 6.12.